The molecule has 0 radical (unpaired) electrons. The SMILES string of the molecule is CN(C)CC1CCC/C(=C\c2ccc(OC(=O)/C=C/c3ccc(Cl)c(Cl)c3)cc2)C1=O. The van der Waals surface area contributed by atoms with Crippen LogP contribution in [0.2, 0.25) is 10.0 Å². The summed E-state index contributed by atoms with van der Waals surface area (Å²) < 4.78 is 5.34. The average molecular weight is 458 g/mol. The van der Waals surface area contributed by atoms with Gasteiger partial charge in [-0.1, -0.05) is 41.4 Å². The van der Waals surface area contributed by atoms with Crippen molar-refractivity contribution in [3.05, 3.63) is 75.3 Å². The molecule has 0 amide bonds. The van der Waals surface area contributed by atoms with Gasteiger partial charge in [0.25, 0.3) is 0 Å². The summed E-state index contributed by atoms with van der Waals surface area (Å²) in [6.45, 7) is 0.779. The van der Waals surface area contributed by atoms with E-state index in [0.717, 1.165) is 42.5 Å². The Hall–Kier alpha value is -2.40. The summed E-state index contributed by atoms with van der Waals surface area (Å²) in [6.07, 6.45) is 7.66. The molecule has 2 aromatic carbocycles. The van der Waals surface area contributed by atoms with Crippen LogP contribution < -0.4 is 4.74 Å². The molecule has 31 heavy (non-hydrogen) atoms. The summed E-state index contributed by atoms with van der Waals surface area (Å²) in [5, 5.41) is 0.881. The highest BCUT2D eigenvalue weighted by molar-refractivity contribution is 6.42. The Morgan fingerprint density at radius 1 is 1.10 bits per heavy atom. The van der Waals surface area contributed by atoms with Gasteiger partial charge in [-0.3, -0.25) is 4.79 Å². The lowest BCUT2D eigenvalue weighted by Gasteiger charge is -2.25. The van der Waals surface area contributed by atoms with E-state index in [9.17, 15) is 9.59 Å². The summed E-state index contributed by atoms with van der Waals surface area (Å²) in [7, 11) is 3.98. The standard InChI is InChI=1S/C25H25Cl2NO3/c1-28(2)16-20-5-3-4-19(25(20)30)14-17-6-10-21(11-7-17)31-24(29)13-9-18-8-12-22(26)23(27)15-18/h6-15,20H,3-5,16H2,1-2H3/b13-9+,19-14+. The topological polar surface area (TPSA) is 46.6 Å². The maximum atomic E-state index is 12.7. The predicted molar refractivity (Wildman–Crippen MR) is 126 cm³/mol. The van der Waals surface area contributed by atoms with Crippen molar-refractivity contribution in [3.8, 4) is 5.75 Å². The largest absolute Gasteiger partial charge is 0.423 e. The van der Waals surface area contributed by atoms with Crippen molar-refractivity contribution in [1.82, 2.24) is 4.90 Å². The second-order valence-electron chi connectivity index (χ2n) is 7.88. The molecule has 1 saturated carbocycles. The first-order chi connectivity index (χ1) is 14.8. The van der Waals surface area contributed by atoms with E-state index in [1.54, 1.807) is 36.4 Å². The molecule has 0 N–H and O–H groups in total. The summed E-state index contributed by atoms with van der Waals surface area (Å²) in [6, 6.07) is 12.2. The number of carbonyl (C=O) groups is 2. The number of esters is 1. The minimum Gasteiger partial charge on any atom is -0.423 e. The molecule has 0 aromatic heterocycles. The fraction of sp³-hybridized carbons (Fsp3) is 0.280. The van der Waals surface area contributed by atoms with Crippen molar-refractivity contribution < 1.29 is 14.3 Å². The number of hydrogen-bond donors (Lipinski definition) is 0. The number of benzene rings is 2. The highest BCUT2D eigenvalue weighted by Gasteiger charge is 2.26. The maximum absolute atomic E-state index is 12.7. The van der Waals surface area contributed by atoms with Crippen LogP contribution in [0.15, 0.2) is 54.1 Å². The third kappa shape index (κ3) is 6.79. The van der Waals surface area contributed by atoms with Gasteiger partial charge in [0.1, 0.15) is 5.75 Å². The van der Waals surface area contributed by atoms with Gasteiger partial charge < -0.3 is 9.64 Å². The Morgan fingerprint density at radius 2 is 1.81 bits per heavy atom. The van der Waals surface area contributed by atoms with Gasteiger partial charge in [0.2, 0.25) is 0 Å². The van der Waals surface area contributed by atoms with E-state index in [0.29, 0.717) is 15.8 Å². The van der Waals surface area contributed by atoms with Crippen LogP contribution in [-0.2, 0) is 9.59 Å². The van der Waals surface area contributed by atoms with E-state index in [-0.39, 0.29) is 11.7 Å². The number of ether oxygens (including phenoxy) is 1. The molecule has 162 valence electrons. The third-order valence-electron chi connectivity index (χ3n) is 5.07. The summed E-state index contributed by atoms with van der Waals surface area (Å²) >= 11 is 11.9. The Kier molecular flexibility index (Phi) is 8.08. The second-order valence-corrected chi connectivity index (χ2v) is 8.70. The molecule has 1 aliphatic rings. The Morgan fingerprint density at radius 3 is 2.48 bits per heavy atom. The van der Waals surface area contributed by atoms with Gasteiger partial charge >= 0.3 is 5.97 Å². The molecule has 0 bridgehead atoms. The van der Waals surface area contributed by atoms with E-state index >= 15 is 0 Å². The van der Waals surface area contributed by atoms with Gasteiger partial charge in [-0.05, 0) is 86.5 Å². The number of rotatable bonds is 6. The van der Waals surface area contributed by atoms with Crippen molar-refractivity contribution in [3.63, 3.8) is 0 Å². The molecule has 6 heteroatoms. The Balaban J connectivity index is 1.61. The van der Waals surface area contributed by atoms with Crippen molar-refractivity contribution in [2.75, 3.05) is 20.6 Å². The van der Waals surface area contributed by atoms with Crippen LogP contribution >= 0.6 is 23.2 Å². The molecule has 1 fully saturated rings. The third-order valence-corrected chi connectivity index (χ3v) is 5.81. The smallest absolute Gasteiger partial charge is 0.336 e. The van der Waals surface area contributed by atoms with Crippen molar-refractivity contribution in [2.24, 2.45) is 5.92 Å². The minimum absolute atomic E-state index is 0.0672. The fourth-order valence-electron chi connectivity index (χ4n) is 3.58. The molecule has 3 rings (SSSR count). The van der Waals surface area contributed by atoms with Gasteiger partial charge in [0, 0.05) is 18.5 Å². The monoisotopic (exact) mass is 457 g/mol. The molecule has 4 nitrogen and oxygen atoms in total. The molecule has 1 unspecified atom stereocenters. The molecule has 0 saturated heterocycles. The zero-order valence-electron chi connectivity index (χ0n) is 17.6. The average Bonchev–Trinajstić information content (AvgIpc) is 2.73. The van der Waals surface area contributed by atoms with Crippen LogP contribution in [-0.4, -0.2) is 37.3 Å². The van der Waals surface area contributed by atoms with E-state index < -0.39 is 5.97 Å². The molecule has 0 spiro atoms. The number of hydrogen-bond acceptors (Lipinski definition) is 4. The first-order valence-electron chi connectivity index (χ1n) is 10.2. The highest BCUT2D eigenvalue weighted by Crippen LogP contribution is 2.28. The number of nitrogens with zero attached hydrogens (tertiary/aromatic N) is 1. The Labute approximate surface area is 193 Å². The second kappa shape index (κ2) is 10.8. The van der Waals surface area contributed by atoms with Crippen LogP contribution in [0, 0.1) is 5.92 Å². The number of Topliss-reactive ketones (excluding diaryl/α,β-unsaturated/α-hetero) is 1. The molecule has 0 heterocycles. The van der Waals surface area contributed by atoms with Gasteiger partial charge in [-0.25, -0.2) is 4.79 Å². The van der Waals surface area contributed by atoms with E-state index in [2.05, 4.69) is 4.90 Å². The zero-order chi connectivity index (χ0) is 22.4. The Bertz CT molecular complexity index is 1010. The van der Waals surface area contributed by atoms with Gasteiger partial charge in [0.05, 0.1) is 10.0 Å². The van der Waals surface area contributed by atoms with Crippen molar-refractivity contribution in [2.45, 2.75) is 19.3 Å². The molecular weight excluding hydrogens is 433 g/mol. The lowest BCUT2D eigenvalue weighted by molar-refractivity contribution is -0.129. The summed E-state index contributed by atoms with van der Waals surface area (Å²) in [4.78, 5) is 26.9. The van der Waals surface area contributed by atoms with E-state index in [1.807, 2.05) is 32.3 Å². The maximum Gasteiger partial charge on any atom is 0.336 e. The van der Waals surface area contributed by atoms with Crippen LogP contribution in [0.4, 0.5) is 0 Å². The zero-order valence-corrected chi connectivity index (χ0v) is 19.1. The molecule has 0 aliphatic heterocycles. The number of halogens is 2. The van der Waals surface area contributed by atoms with Crippen LogP contribution in [0.25, 0.3) is 12.2 Å². The quantitative estimate of drug-likeness (QED) is 0.306. The van der Waals surface area contributed by atoms with Gasteiger partial charge in [-0.15, -0.1) is 0 Å². The minimum atomic E-state index is -0.494. The molecule has 1 atom stereocenters. The van der Waals surface area contributed by atoms with Crippen LogP contribution in [0.5, 0.6) is 5.75 Å². The van der Waals surface area contributed by atoms with Gasteiger partial charge in [0.15, 0.2) is 5.78 Å². The van der Waals surface area contributed by atoms with Crippen molar-refractivity contribution >= 4 is 47.1 Å². The summed E-state index contributed by atoms with van der Waals surface area (Å²) in [5.74, 6) is 0.248. The van der Waals surface area contributed by atoms with E-state index in [1.165, 1.54) is 6.08 Å². The lowest BCUT2D eigenvalue weighted by atomic mass is 9.83. The highest BCUT2D eigenvalue weighted by atomic mass is 35.5. The number of ketones is 1. The first-order valence-corrected chi connectivity index (χ1v) is 10.9. The lowest BCUT2D eigenvalue weighted by Crippen LogP contribution is -2.31. The summed E-state index contributed by atoms with van der Waals surface area (Å²) in [5.41, 5.74) is 2.53. The molecule has 2 aromatic rings. The normalized spacial score (nSPS) is 18.2. The first kappa shape index (κ1) is 23.3. The number of carbonyl (C=O) groups excluding carboxylic acids is 2. The predicted octanol–water partition coefficient (Wildman–Crippen LogP) is 5.93. The van der Waals surface area contributed by atoms with Crippen molar-refractivity contribution in [1.29, 1.82) is 0 Å². The molecule has 1 aliphatic carbocycles. The van der Waals surface area contributed by atoms with E-state index in [4.69, 9.17) is 27.9 Å². The fourth-order valence-corrected chi connectivity index (χ4v) is 3.88. The van der Waals surface area contributed by atoms with Crippen LogP contribution in [0.1, 0.15) is 30.4 Å². The van der Waals surface area contributed by atoms with Crippen LogP contribution in [0.3, 0.4) is 0 Å². The number of allylic oxidation sites excluding steroid dienone is 1. The molecular formula is C25H25Cl2NO3. The van der Waals surface area contributed by atoms with Gasteiger partial charge in [-0.2, -0.15) is 0 Å².